The predicted octanol–water partition coefficient (Wildman–Crippen LogP) is 0.187. The second-order valence-electron chi connectivity index (χ2n) is 2.98. The van der Waals surface area contributed by atoms with Gasteiger partial charge in [0.05, 0.1) is 0 Å². The van der Waals surface area contributed by atoms with Crippen molar-refractivity contribution in [3.05, 3.63) is 11.8 Å². The van der Waals surface area contributed by atoms with Gasteiger partial charge in [-0.1, -0.05) is 0 Å². The van der Waals surface area contributed by atoms with E-state index in [0.29, 0.717) is 17.9 Å². The first-order chi connectivity index (χ1) is 6.06. The molecular weight excluding hydrogens is 168 g/mol. The third-order valence-electron chi connectivity index (χ3n) is 1.75. The molecule has 5 nitrogen and oxygen atoms in total. The van der Waals surface area contributed by atoms with Crippen molar-refractivity contribution in [1.29, 1.82) is 0 Å². The van der Waals surface area contributed by atoms with Gasteiger partial charge in [0.25, 0.3) is 5.91 Å². The smallest absolute Gasteiger partial charge is 0.258 e. The lowest BCUT2D eigenvalue weighted by atomic mass is 10.3. The summed E-state index contributed by atoms with van der Waals surface area (Å²) in [5, 5.41) is 3.98. The van der Waals surface area contributed by atoms with Gasteiger partial charge in [0.1, 0.15) is 5.56 Å². The first-order valence-corrected chi connectivity index (χ1v) is 4.10. The van der Waals surface area contributed by atoms with Crippen molar-refractivity contribution in [2.75, 3.05) is 19.8 Å². The van der Waals surface area contributed by atoms with Crippen LogP contribution in [0.2, 0.25) is 0 Å². The molecule has 0 aliphatic carbocycles. The molecule has 0 spiro atoms. The molecule has 5 heteroatoms. The minimum atomic E-state index is -0.114. The number of aromatic nitrogens is 2. The monoisotopic (exact) mass is 182 g/mol. The van der Waals surface area contributed by atoms with E-state index >= 15 is 0 Å². The van der Waals surface area contributed by atoms with Crippen LogP contribution in [-0.2, 0) is 6.54 Å². The summed E-state index contributed by atoms with van der Waals surface area (Å²) in [5.41, 5.74) is 6.04. The summed E-state index contributed by atoms with van der Waals surface area (Å²) in [6, 6.07) is 0. The van der Waals surface area contributed by atoms with Gasteiger partial charge in [-0.3, -0.25) is 9.48 Å². The fraction of sp³-hybridized carbons (Fsp3) is 0.500. The molecule has 0 aromatic carbocycles. The average Bonchev–Trinajstić information content (AvgIpc) is 2.45. The van der Waals surface area contributed by atoms with Crippen molar-refractivity contribution in [2.45, 2.75) is 13.5 Å². The van der Waals surface area contributed by atoms with Gasteiger partial charge in [-0.15, -0.1) is 0 Å². The number of rotatable bonds is 2. The lowest BCUT2D eigenvalue weighted by Crippen LogP contribution is -2.22. The second kappa shape index (κ2) is 3.47. The van der Waals surface area contributed by atoms with Crippen LogP contribution in [0.5, 0.6) is 0 Å². The molecule has 0 saturated carbocycles. The summed E-state index contributed by atoms with van der Waals surface area (Å²) in [7, 11) is 3.37. The van der Waals surface area contributed by atoms with Gasteiger partial charge in [-0.2, -0.15) is 5.10 Å². The number of carbonyl (C=O) groups is 1. The Balaban J connectivity index is 3.00. The molecule has 0 bridgehead atoms. The molecule has 2 N–H and O–H groups in total. The maximum Gasteiger partial charge on any atom is 0.258 e. The number of anilines is 1. The summed E-state index contributed by atoms with van der Waals surface area (Å²) in [6.45, 7) is 2.65. The minimum absolute atomic E-state index is 0.114. The summed E-state index contributed by atoms with van der Waals surface area (Å²) in [5.74, 6) is 0.178. The van der Waals surface area contributed by atoms with Crippen LogP contribution in [-0.4, -0.2) is 34.7 Å². The minimum Gasteiger partial charge on any atom is -0.382 e. The van der Waals surface area contributed by atoms with Gasteiger partial charge in [0.2, 0.25) is 0 Å². The van der Waals surface area contributed by atoms with E-state index in [0.717, 1.165) is 0 Å². The fourth-order valence-corrected chi connectivity index (χ4v) is 1.00. The number of amides is 1. The standard InChI is InChI=1S/C8H14N4O/c1-4-12-5-6(7(9)10-12)8(13)11(2)3/h5H,4H2,1-3H3,(H2,9,10). The van der Waals surface area contributed by atoms with Crippen molar-refractivity contribution < 1.29 is 4.79 Å². The van der Waals surface area contributed by atoms with E-state index < -0.39 is 0 Å². The zero-order chi connectivity index (χ0) is 10.0. The van der Waals surface area contributed by atoms with E-state index in [9.17, 15) is 4.79 Å². The Bertz CT molecular complexity index is 316. The van der Waals surface area contributed by atoms with E-state index in [1.165, 1.54) is 4.90 Å². The van der Waals surface area contributed by atoms with Crippen LogP contribution in [0.3, 0.4) is 0 Å². The molecule has 0 radical (unpaired) electrons. The number of hydrogen-bond donors (Lipinski definition) is 1. The van der Waals surface area contributed by atoms with Gasteiger partial charge in [-0.05, 0) is 6.92 Å². The number of carbonyl (C=O) groups excluding carboxylic acids is 1. The van der Waals surface area contributed by atoms with Crippen LogP contribution in [0, 0.1) is 0 Å². The van der Waals surface area contributed by atoms with E-state index in [1.54, 1.807) is 25.0 Å². The highest BCUT2D eigenvalue weighted by molar-refractivity contribution is 5.97. The van der Waals surface area contributed by atoms with Crippen LogP contribution in [0.25, 0.3) is 0 Å². The topological polar surface area (TPSA) is 64.2 Å². The van der Waals surface area contributed by atoms with Crippen molar-refractivity contribution in [1.82, 2.24) is 14.7 Å². The second-order valence-corrected chi connectivity index (χ2v) is 2.98. The highest BCUT2D eigenvalue weighted by atomic mass is 16.2. The van der Waals surface area contributed by atoms with Crippen molar-refractivity contribution in [3.63, 3.8) is 0 Å². The molecule has 0 aliphatic rings. The zero-order valence-corrected chi connectivity index (χ0v) is 8.11. The Labute approximate surface area is 77.1 Å². The maximum atomic E-state index is 11.5. The Morgan fingerprint density at radius 3 is 2.69 bits per heavy atom. The molecule has 0 atom stereocenters. The quantitative estimate of drug-likeness (QED) is 0.710. The molecule has 1 aromatic heterocycles. The predicted molar refractivity (Wildman–Crippen MR) is 50.3 cm³/mol. The number of hydrogen-bond acceptors (Lipinski definition) is 3. The molecule has 0 fully saturated rings. The highest BCUT2D eigenvalue weighted by Crippen LogP contribution is 2.10. The Morgan fingerprint density at radius 2 is 2.31 bits per heavy atom. The van der Waals surface area contributed by atoms with Gasteiger partial charge in [-0.25, -0.2) is 0 Å². The largest absolute Gasteiger partial charge is 0.382 e. The van der Waals surface area contributed by atoms with E-state index in [2.05, 4.69) is 5.10 Å². The lowest BCUT2D eigenvalue weighted by Gasteiger charge is -2.07. The summed E-state index contributed by atoms with van der Waals surface area (Å²) in [4.78, 5) is 13.0. The third-order valence-corrected chi connectivity index (χ3v) is 1.75. The summed E-state index contributed by atoms with van der Waals surface area (Å²) in [6.07, 6.45) is 1.66. The molecule has 1 amide bonds. The van der Waals surface area contributed by atoms with Crippen LogP contribution in [0.15, 0.2) is 6.20 Å². The van der Waals surface area contributed by atoms with Gasteiger partial charge in [0.15, 0.2) is 5.82 Å². The molecule has 72 valence electrons. The number of nitrogens with two attached hydrogens (primary N) is 1. The summed E-state index contributed by atoms with van der Waals surface area (Å²) >= 11 is 0. The first kappa shape index (κ1) is 9.57. The molecule has 0 unspecified atom stereocenters. The van der Waals surface area contributed by atoms with Gasteiger partial charge < -0.3 is 10.6 Å². The van der Waals surface area contributed by atoms with E-state index in [-0.39, 0.29) is 5.91 Å². The molecule has 1 heterocycles. The van der Waals surface area contributed by atoms with Crippen LogP contribution in [0.4, 0.5) is 5.82 Å². The average molecular weight is 182 g/mol. The Kier molecular flexibility index (Phi) is 2.55. The molecule has 13 heavy (non-hydrogen) atoms. The third kappa shape index (κ3) is 1.80. The normalized spacial score (nSPS) is 10.1. The number of nitrogen functional groups attached to an aromatic ring is 1. The van der Waals surface area contributed by atoms with Gasteiger partial charge in [0, 0.05) is 26.8 Å². The maximum absolute atomic E-state index is 11.5. The van der Waals surface area contributed by atoms with E-state index in [4.69, 9.17) is 5.73 Å². The Morgan fingerprint density at radius 1 is 1.69 bits per heavy atom. The zero-order valence-electron chi connectivity index (χ0n) is 8.11. The van der Waals surface area contributed by atoms with Crippen LogP contribution < -0.4 is 5.73 Å². The molecule has 1 rings (SSSR count). The summed E-state index contributed by atoms with van der Waals surface area (Å²) < 4.78 is 1.64. The van der Waals surface area contributed by atoms with E-state index in [1.807, 2.05) is 6.92 Å². The SMILES string of the molecule is CCn1cc(C(=O)N(C)C)c(N)n1. The van der Waals surface area contributed by atoms with Crippen LogP contribution >= 0.6 is 0 Å². The first-order valence-electron chi connectivity index (χ1n) is 4.10. The lowest BCUT2D eigenvalue weighted by molar-refractivity contribution is 0.0828. The molecule has 0 aliphatic heterocycles. The van der Waals surface area contributed by atoms with Crippen molar-refractivity contribution >= 4 is 11.7 Å². The Hall–Kier alpha value is -1.52. The molecule has 0 saturated heterocycles. The fourth-order valence-electron chi connectivity index (χ4n) is 1.00. The van der Waals surface area contributed by atoms with Gasteiger partial charge >= 0.3 is 0 Å². The van der Waals surface area contributed by atoms with Crippen LogP contribution in [0.1, 0.15) is 17.3 Å². The van der Waals surface area contributed by atoms with Crippen molar-refractivity contribution in [2.24, 2.45) is 0 Å². The number of nitrogens with zero attached hydrogens (tertiary/aromatic N) is 3. The molecular formula is C8H14N4O. The van der Waals surface area contributed by atoms with Crippen molar-refractivity contribution in [3.8, 4) is 0 Å². The highest BCUT2D eigenvalue weighted by Gasteiger charge is 2.14. The molecule has 1 aromatic rings. The number of aryl methyl sites for hydroxylation is 1.